The summed E-state index contributed by atoms with van der Waals surface area (Å²) in [6.07, 6.45) is -4.77. The van der Waals surface area contributed by atoms with Crippen LogP contribution in [0.5, 0.6) is 5.75 Å². The number of nitrogens with zero attached hydrogens (tertiary/aromatic N) is 1. The Hall–Kier alpha value is -2.81. The maximum Gasteiger partial charge on any atom is 0.573 e. The van der Waals surface area contributed by atoms with E-state index < -0.39 is 6.36 Å². The van der Waals surface area contributed by atoms with Gasteiger partial charge in [-0.2, -0.15) is 0 Å². The molecule has 0 amide bonds. The highest BCUT2D eigenvalue weighted by Crippen LogP contribution is 2.26. The lowest BCUT2D eigenvalue weighted by Gasteiger charge is -2.16. The predicted octanol–water partition coefficient (Wildman–Crippen LogP) is 3.74. The van der Waals surface area contributed by atoms with E-state index in [2.05, 4.69) is 20.4 Å². The Bertz CT molecular complexity index is 810. The molecule has 2 N–H and O–H groups in total. The third-order valence-electron chi connectivity index (χ3n) is 3.74. The normalized spacial score (nSPS) is 12.0. The van der Waals surface area contributed by atoms with Crippen molar-refractivity contribution in [2.75, 3.05) is 14.2 Å². The standard InChI is InChI=1S/C19H21F4N3O2/c1-24-18(25-10-13-7-8-16(20)15(9-13)12-27-2)26-11-14-5-3-4-6-17(14)28-19(21,22)23/h3-9H,10-12H2,1-2H3,(H2,24,25,26). The highest BCUT2D eigenvalue weighted by molar-refractivity contribution is 5.79. The van der Waals surface area contributed by atoms with Gasteiger partial charge in [-0.3, -0.25) is 4.99 Å². The van der Waals surface area contributed by atoms with Crippen molar-refractivity contribution in [1.82, 2.24) is 10.6 Å². The molecule has 0 bridgehead atoms. The van der Waals surface area contributed by atoms with Crippen molar-refractivity contribution >= 4 is 5.96 Å². The first-order chi connectivity index (χ1) is 13.3. The van der Waals surface area contributed by atoms with E-state index >= 15 is 0 Å². The first-order valence-electron chi connectivity index (χ1n) is 8.37. The van der Waals surface area contributed by atoms with Crippen LogP contribution in [0.25, 0.3) is 0 Å². The molecular formula is C19H21F4N3O2. The van der Waals surface area contributed by atoms with Crippen LogP contribution in [0.15, 0.2) is 47.5 Å². The van der Waals surface area contributed by atoms with Gasteiger partial charge in [0, 0.05) is 38.4 Å². The Morgan fingerprint density at radius 2 is 1.75 bits per heavy atom. The molecule has 0 atom stereocenters. The SMILES string of the molecule is CN=C(NCc1ccc(F)c(COC)c1)NCc1ccccc1OC(F)(F)F. The van der Waals surface area contributed by atoms with Crippen LogP contribution in [-0.4, -0.2) is 26.5 Å². The van der Waals surface area contributed by atoms with Crippen LogP contribution >= 0.6 is 0 Å². The lowest BCUT2D eigenvalue weighted by Crippen LogP contribution is -2.36. The molecule has 0 heterocycles. The van der Waals surface area contributed by atoms with E-state index in [1.165, 1.54) is 38.4 Å². The molecule has 0 unspecified atom stereocenters. The molecule has 9 heteroatoms. The van der Waals surface area contributed by atoms with Crippen LogP contribution in [0.3, 0.4) is 0 Å². The lowest BCUT2D eigenvalue weighted by molar-refractivity contribution is -0.274. The molecule has 0 aliphatic heterocycles. The second-order valence-corrected chi connectivity index (χ2v) is 5.79. The summed E-state index contributed by atoms with van der Waals surface area (Å²) in [6.45, 7) is 0.574. The summed E-state index contributed by atoms with van der Waals surface area (Å²) in [5.41, 5.74) is 1.56. The van der Waals surface area contributed by atoms with Crippen LogP contribution in [0, 0.1) is 5.82 Å². The van der Waals surface area contributed by atoms with Gasteiger partial charge >= 0.3 is 6.36 Å². The Kier molecular flexibility index (Phi) is 7.62. The number of guanidine groups is 1. The van der Waals surface area contributed by atoms with Gasteiger partial charge in [0.05, 0.1) is 6.61 Å². The van der Waals surface area contributed by atoms with Gasteiger partial charge < -0.3 is 20.1 Å². The number of ether oxygens (including phenoxy) is 2. The van der Waals surface area contributed by atoms with Crippen molar-refractivity contribution < 1.29 is 27.0 Å². The molecule has 0 aliphatic carbocycles. The molecule has 0 fully saturated rings. The van der Waals surface area contributed by atoms with Gasteiger partial charge in [-0.1, -0.05) is 24.3 Å². The van der Waals surface area contributed by atoms with E-state index in [1.807, 2.05) is 0 Å². The molecule has 2 aromatic rings. The Morgan fingerprint density at radius 3 is 2.43 bits per heavy atom. The number of halogens is 4. The molecule has 28 heavy (non-hydrogen) atoms. The average molecular weight is 399 g/mol. The van der Waals surface area contributed by atoms with Crippen molar-refractivity contribution in [3.8, 4) is 5.75 Å². The van der Waals surface area contributed by atoms with Crippen molar-refractivity contribution in [2.24, 2.45) is 4.99 Å². The minimum Gasteiger partial charge on any atom is -0.405 e. The number of methoxy groups -OCH3 is 1. The highest BCUT2D eigenvalue weighted by Gasteiger charge is 2.31. The number of benzene rings is 2. The number of hydrogen-bond donors (Lipinski definition) is 2. The van der Waals surface area contributed by atoms with E-state index in [0.29, 0.717) is 23.6 Å². The van der Waals surface area contributed by atoms with Gasteiger partial charge in [0.25, 0.3) is 0 Å². The summed E-state index contributed by atoms with van der Waals surface area (Å²) in [4.78, 5) is 4.03. The van der Waals surface area contributed by atoms with Crippen LogP contribution in [0.1, 0.15) is 16.7 Å². The Morgan fingerprint density at radius 1 is 1.04 bits per heavy atom. The van der Waals surface area contributed by atoms with Gasteiger partial charge in [-0.15, -0.1) is 13.2 Å². The second kappa shape index (κ2) is 9.93. The fourth-order valence-electron chi connectivity index (χ4n) is 2.46. The second-order valence-electron chi connectivity index (χ2n) is 5.79. The molecule has 0 radical (unpaired) electrons. The van der Waals surface area contributed by atoms with Crippen LogP contribution in [0.4, 0.5) is 17.6 Å². The zero-order valence-electron chi connectivity index (χ0n) is 15.4. The maximum atomic E-state index is 13.7. The van der Waals surface area contributed by atoms with E-state index in [-0.39, 0.29) is 24.7 Å². The number of alkyl halides is 3. The number of hydrogen-bond acceptors (Lipinski definition) is 3. The number of aliphatic imine (C=N–C) groups is 1. The Labute approximate surface area is 160 Å². The van der Waals surface area contributed by atoms with Gasteiger partial charge in [-0.25, -0.2) is 4.39 Å². The summed E-state index contributed by atoms with van der Waals surface area (Å²) in [6, 6.07) is 10.5. The molecule has 2 aromatic carbocycles. The topological polar surface area (TPSA) is 54.9 Å². The van der Waals surface area contributed by atoms with Gasteiger partial charge in [0.1, 0.15) is 11.6 Å². The van der Waals surface area contributed by atoms with Gasteiger partial charge in [0.2, 0.25) is 0 Å². The molecule has 5 nitrogen and oxygen atoms in total. The third-order valence-corrected chi connectivity index (χ3v) is 3.74. The largest absolute Gasteiger partial charge is 0.573 e. The van der Waals surface area contributed by atoms with E-state index in [0.717, 1.165) is 5.56 Å². The van der Waals surface area contributed by atoms with Crippen LogP contribution in [0.2, 0.25) is 0 Å². The quantitative estimate of drug-likeness (QED) is 0.423. The van der Waals surface area contributed by atoms with E-state index in [9.17, 15) is 17.6 Å². The summed E-state index contributed by atoms with van der Waals surface area (Å²) >= 11 is 0. The first kappa shape index (κ1) is 21.5. The lowest BCUT2D eigenvalue weighted by atomic mass is 10.1. The Balaban J connectivity index is 1.97. The van der Waals surface area contributed by atoms with E-state index in [4.69, 9.17) is 4.74 Å². The maximum absolute atomic E-state index is 13.7. The molecule has 2 rings (SSSR count). The monoisotopic (exact) mass is 399 g/mol. The number of para-hydroxylation sites is 1. The summed E-state index contributed by atoms with van der Waals surface area (Å²) in [7, 11) is 3.02. The molecule has 0 saturated heterocycles. The zero-order chi connectivity index (χ0) is 20.6. The minimum atomic E-state index is -4.77. The van der Waals surface area contributed by atoms with Gasteiger partial charge in [-0.05, 0) is 23.8 Å². The molecule has 0 aromatic heterocycles. The number of rotatable bonds is 7. The fraction of sp³-hybridized carbons (Fsp3) is 0.316. The van der Waals surface area contributed by atoms with Gasteiger partial charge in [0.15, 0.2) is 5.96 Å². The summed E-state index contributed by atoms with van der Waals surface area (Å²) in [5, 5.41) is 5.95. The number of nitrogens with one attached hydrogen (secondary N) is 2. The molecular weight excluding hydrogens is 378 g/mol. The van der Waals surface area contributed by atoms with Crippen LogP contribution in [-0.2, 0) is 24.4 Å². The molecule has 152 valence electrons. The smallest absolute Gasteiger partial charge is 0.405 e. The molecule has 0 saturated carbocycles. The average Bonchev–Trinajstić information content (AvgIpc) is 2.64. The van der Waals surface area contributed by atoms with Crippen molar-refractivity contribution in [3.05, 3.63) is 65.0 Å². The fourth-order valence-corrected chi connectivity index (χ4v) is 2.46. The van der Waals surface area contributed by atoms with Crippen LogP contribution < -0.4 is 15.4 Å². The van der Waals surface area contributed by atoms with E-state index in [1.54, 1.807) is 18.2 Å². The first-order valence-corrected chi connectivity index (χ1v) is 8.37. The predicted molar refractivity (Wildman–Crippen MR) is 97.3 cm³/mol. The summed E-state index contributed by atoms with van der Waals surface area (Å²) < 4.78 is 60.1. The zero-order valence-corrected chi connectivity index (χ0v) is 15.4. The minimum absolute atomic E-state index is 0.0737. The van der Waals surface area contributed by atoms with Crippen molar-refractivity contribution in [1.29, 1.82) is 0 Å². The highest BCUT2D eigenvalue weighted by atomic mass is 19.4. The molecule has 0 spiro atoms. The van der Waals surface area contributed by atoms with Crippen molar-refractivity contribution in [3.63, 3.8) is 0 Å². The third kappa shape index (κ3) is 6.73. The molecule has 0 aliphatic rings. The summed E-state index contributed by atoms with van der Waals surface area (Å²) in [5.74, 6) is -0.255. The van der Waals surface area contributed by atoms with Crippen molar-refractivity contribution in [2.45, 2.75) is 26.1 Å².